The summed E-state index contributed by atoms with van der Waals surface area (Å²) in [7, 11) is 0. The Hall–Kier alpha value is -1.23. The predicted octanol–water partition coefficient (Wildman–Crippen LogP) is 1.75. The molecule has 14 heavy (non-hydrogen) atoms. The van der Waals surface area contributed by atoms with Gasteiger partial charge in [0.15, 0.2) is 5.75 Å². The van der Waals surface area contributed by atoms with Crippen molar-refractivity contribution in [1.82, 2.24) is 0 Å². The fourth-order valence-corrected chi connectivity index (χ4v) is 1.80. The molecule has 0 aliphatic carbocycles. The lowest BCUT2D eigenvalue weighted by Gasteiger charge is -2.10. The summed E-state index contributed by atoms with van der Waals surface area (Å²) >= 11 is 3.30. The first-order valence-corrected chi connectivity index (χ1v) is 4.98. The largest absolute Gasteiger partial charge is 0.489 e. The van der Waals surface area contributed by atoms with Gasteiger partial charge in [0, 0.05) is 4.47 Å². The molecule has 1 aliphatic heterocycles. The second kappa shape index (κ2) is 3.49. The van der Waals surface area contributed by atoms with Crippen LogP contribution in [0.2, 0.25) is 0 Å². The van der Waals surface area contributed by atoms with Crippen LogP contribution < -0.4 is 15.8 Å². The smallest absolute Gasteiger partial charge is 0.227 e. The Labute approximate surface area is 89.6 Å². The zero-order valence-electron chi connectivity index (χ0n) is 7.34. The second-order valence-corrected chi connectivity index (χ2v) is 3.93. The number of rotatable bonds is 0. The Morgan fingerprint density at radius 2 is 2.29 bits per heavy atom. The normalized spacial score (nSPS) is 15.1. The van der Waals surface area contributed by atoms with Gasteiger partial charge in [0.2, 0.25) is 5.91 Å². The van der Waals surface area contributed by atoms with Crippen molar-refractivity contribution in [2.75, 3.05) is 17.7 Å². The molecule has 0 bridgehead atoms. The predicted molar refractivity (Wildman–Crippen MR) is 57.3 cm³/mol. The third-order valence-corrected chi connectivity index (χ3v) is 2.39. The molecule has 74 valence electrons. The average molecular weight is 257 g/mol. The van der Waals surface area contributed by atoms with Gasteiger partial charge in [-0.3, -0.25) is 4.79 Å². The summed E-state index contributed by atoms with van der Waals surface area (Å²) in [5.74, 6) is 0.500. The van der Waals surface area contributed by atoms with Crippen molar-refractivity contribution in [2.45, 2.75) is 6.42 Å². The van der Waals surface area contributed by atoms with Crippen LogP contribution in [0.25, 0.3) is 0 Å². The quantitative estimate of drug-likeness (QED) is 0.696. The van der Waals surface area contributed by atoms with Crippen LogP contribution in [0.5, 0.6) is 5.75 Å². The van der Waals surface area contributed by atoms with Crippen molar-refractivity contribution < 1.29 is 9.53 Å². The van der Waals surface area contributed by atoms with Crippen molar-refractivity contribution in [3.8, 4) is 5.75 Å². The number of carbonyl (C=O) groups is 1. The van der Waals surface area contributed by atoms with Gasteiger partial charge < -0.3 is 15.8 Å². The number of ether oxygens (including phenoxy) is 1. The van der Waals surface area contributed by atoms with Crippen LogP contribution in [-0.4, -0.2) is 12.5 Å². The fraction of sp³-hybridized carbons (Fsp3) is 0.222. The van der Waals surface area contributed by atoms with E-state index in [1.807, 2.05) is 0 Å². The number of amides is 1. The zero-order chi connectivity index (χ0) is 10.1. The summed E-state index contributed by atoms with van der Waals surface area (Å²) in [6.07, 6.45) is 0.353. The minimum absolute atomic E-state index is 0.0544. The molecule has 0 unspecified atom stereocenters. The Kier molecular flexibility index (Phi) is 2.33. The van der Waals surface area contributed by atoms with Gasteiger partial charge in [0.25, 0.3) is 0 Å². The summed E-state index contributed by atoms with van der Waals surface area (Å²) in [6.45, 7) is 0.366. The van der Waals surface area contributed by atoms with E-state index in [1.54, 1.807) is 12.1 Å². The molecule has 0 saturated carbocycles. The molecule has 1 aromatic rings. The summed E-state index contributed by atoms with van der Waals surface area (Å²) < 4.78 is 6.19. The Morgan fingerprint density at radius 3 is 3.07 bits per heavy atom. The SMILES string of the molecule is Nc1cc(Br)cc2c1OCCC(=O)N2. The molecule has 0 spiro atoms. The molecule has 4 nitrogen and oxygen atoms in total. The molecule has 0 atom stereocenters. The van der Waals surface area contributed by atoms with E-state index in [0.29, 0.717) is 30.2 Å². The first-order chi connectivity index (χ1) is 6.66. The molecule has 1 aliphatic rings. The molecule has 0 saturated heterocycles. The molecule has 0 radical (unpaired) electrons. The van der Waals surface area contributed by atoms with Crippen molar-refractivity contribution >= 4 is 33.2 Å². The maximum absolute atomic E-state index is 11.2. The number of nitrogen functional groups attached to an aromatic ring is 1. The van der Waals surface area contributed by atoms with E-state index < -0.39 is 0 Å². The van der Waals surface area contributed by atoms with E-state index in [9.17, 15) is 4.79 Å². The first kappa shape index (κ1) is 9.33. The minimum atomic E-state index is -0.0544. The van der Waals surface area contributed by atoms with Crippen LogP contribution in [0.15, 0.2) is 16.6 Å². The number of nitrogens with one attached hydrogen (secondary N) is 1. The van der Waals surface area contributed by atoms with Gasteiger partial charge in [0.05, 0.1) is 24.4 Å². The highest BCUT2D eigenvalue weighted by atomic mass is 79.9. The lowest BCUT2D eigenvalue weighted by atomic mass is 10.2. The number of hydrogen-bond acceptors (Lipinski definition) is 3. The van der Waals surface area contributed by atoms with Gasteiger partial charge in [0.1, 0.15) is 0 Å². The lowest BCUT2D eigenvalue weighted by molar-refractivity contribution is -0.116. The van der Waals surface area contributed by atoms with Gasteiger partial charge >= 0.3 is 0 Å². The number of hydrogen-bond donors (Lipinski definition) is 2. The molecule has 0 fully saturated rings. The van der Waals surface area contributed by atoms with Crippen LogP contribution in [-0.2, 0) is 4.79 Å². The number of carbonyl (C=O) groups excluding carboxylic acids is 1. The number of benzene rings is 1. The second-order valence-electron chi connectivity index (χ2n) is 3.02. The molecule has 0 aromatic heterocycles. The number of anilines is 2. The van der Waals surface area contributed by atoms with Crippen LogP contribution in [0.3, 0.4) is 0 Å². The van der Waals surface area contributed by atoms with E-state index in [1.165, 1.54) is 0 Å². The third kappa shape index (κ3) is 1.68. The Morgan fingerprint density at radius 1 is 1.50 bits per heavy atom. The Bertz CT molecular complexity index is 393. The summed E-state index contributed by atoms with van der Waals surface area (Å²) in [5, 5.41) is 2.73. The van der Waals surface area contributed by atoms with Gasteiger partial charge in [-0.15, -0.1) is 0 Å². The molecule has 5 heteroatoms. The molecule has 1 aromatic carbocycles. The van der Waals surface area contributed by atoms with Crippen LogP contribution in [0.4, 0.5) is 11.4 Å². The topological polar surface area (TPSA) is 64.3 Å². The van der Waals surface area contributed by atoms with E-state index >= 15 is 0 Å². The summed E-state index contributed by atoms with van der Waals surface area (Å²) in [4.78, 5) is 11.2. The van der Waals surface area contributed by atoms with Crippen LogP contribution >= 0.6 is 15.9 Å². The molecule has 3 N–H and O–H groups in total. The first-order valence-electron chi connectivity index (χ1n) is 4.18. The van der Waals surface area contributed by atoms with Gasteiger partial charge in [-0.1, -0.05) is 15.9 Å². The standard InChI is InChI=1S/C9H9BrN2O2/c10-5-3-6(11)9-7(4-5)12-8(13)1-2-14-9/h3-4H,1-2,11H2,(H,12,13). The molecule has 1 heterocycles. The van der Waals surface area contributed by atoms with Gasteiger partial charge in [-0.25, -0.2) is 0 Å². The Balaban J connectivity index is 2.50. The van der Waals surface area contributed by atoms with Crippen molar-refractivity contribution in [3.63, 3.8) is 0 Å². The van der Waals surface area contributed by atoms with E-state index in [2.05, 4.69) is 21.2 Å². The highest BCUT2D eigenvalue weighted by molar-refractivity contribution is 9.10. The molecule has 1 amide bonds. The number of nitrogens with two attached hydrogens (primary N) is 1. The highest BCUT2D eigenvalue weighted by Crippen LogP contribution is 2.36. The molecular weight excluding hydrogens is 248 g/mol. The van der Waals surface area contributed by atoms with E-state index in [-0.39, 0.29) is 5.91 Å². The van der Waals surface area contributed by atoms with Gasteiger partial charge in [-0.05, 0) is 12.1 Å². The lowest BCUT2D eigenvalue weighted by Crippen LogP contribution is -2.10. The maximum Gasteiger partial charge on any atom is 0.227 e. The van der Waals surface area contributed by atoms with E-state index in [0.717, 1.165) is 4.47 Å². The number of halogens is 1. The monoisotopic (exact) mass is 256 g/mol. The third-order valence-electron chi connectivity index (χ3n) is 1.93. The maximum atomic E-state index is 11.2. The summed E-state index contributed by atoms with van der Waals surface area (Å²) in [6, 6.07) is 3.52. The van der Waals surface area contributed by atoms with Crippen LogP contribution in [0.1, 0.15) is 6.42 Å². The van der Waals surface area contributed by atoms with Crippen molar-refractivity contribution in [2.24, 2.45) is 0 Å². The fourth-order valence-electron chi connectivity index (χ4n) is 1.33. The summed E-state index contributed by atoms with van der Waals surface area (Å²) in [5.41, 5.74) is 6.90. The number of fused-ring (bicyclic) bond motifs is 1. The van der Waals surface area contributed by atoms with Crippen LogP contribution in [0, 0.1) is 0 Å². The highest BCUT2D eigenvalue weighted by Gasteiger charge is 2.16. The van der Waals surface area contributed by atoms with Crippen molar-refractivity contribution in [1.29, 1.82) is 0 Å². The molecular formula is C9H9BrN2O2. The van der Waals surface area contributed by atoms with E-state index in [4.69, 9.17) is 10.5 Å². The van der Waals surface area contributed by atoms with Crippen molar-refractivity contribution in [3.05, 3.63) is 16.6 Å². The molecule has 2 rings (SSSR count). The minimum Gasteiger partial charge on any atom is -0.489 e. The average Bonchev–Trinajstić information content (AvgIpc) is 2.25. The zero-order valence-corrected chi connectivity index (χ0v) is 8.93. The van der Waals surface area contributed by atoms with Gasteiger partial charge in [-0.2, -0.15) is 0 Å².